The Labute approximate surface area is 194 Å². The van der Waals surface area contributed by atoms with Gasteiger partial charge < -0.3 is 23.8 Å². The zero-order chi connectivity index (χ0) is 24.5. The Bertz CT molecular complexity index is 1120. The Morgan fingerprint density at radius 1 is 1.26 bits per heavy atom. The van der Waals surface area contributed by atoms with Crippen LogP contribution in [0.15, 0.2) is 42.5 Å². The number of hydrogen-bond donors (Lipinski definition) is 0. The van der Waals surface area contributed by atoms with E-state index in [1.165, 1.54) is 25.3 Å². The van der Waals surface area contributed by atoms with E-state index in [0.29, 0.717) is 18.5 Å². The Hall–Kier alpha value is -3.29. The molecule has 0 aliphatic carbocycles. The largest absolute Gasteiger partial charge is 0.493 e. The molecule has 0 spiro atoms. The zero-order valence-electron chi connectivity index (χ0n) is 18.6. The number of benzene rings is 2. The van der Waals surface area contributed by atoms with E-state index in [-0.39, 0.29) is 36.3 Å². The van der Waals surface area contributed by atoms with Gasteiger partial charge in [-0.05, 0) is 42.8 Å². The lowest BCUT2D eigenvalue weighted by molar-refractivity contribution is -0.189. The fourth-order valence-corrected chi connectivity index (χ4v) is 4.26. The third-order valence-corrected chi connectivity index (χ3v) is 6.19. The predicted molar refractivity (Wildman–Crippen MR) is 113 cm³/mol. The molecule has 2 unspecified atom stereocenters. The van der Waals surface area contributed by atoms with Crippen molar-refractivity contribution < 1.29 is 36.9 Å². The first-order valence-electron chi connectivity index (χ1n) is 10.6. The third-order valence-electron chi connectivity index (χ3n) is 6.19. The molecule has 2 aliphatic heterocycles. The fourth-order valence-electron chi connectivity index (χ4n) is 4.26. The van der Waals surface area contributed by atoms with Crippen LogP contribution in [0, 0.1) is 11.3 Å². The minimum absolute atomic E-state index is 0.0297. The molecule has 0 saturated carbocycles. The summed E-state index contributed by atoms with van der Waals surface area (Å²) in [6, 6.07) is 13.3. The molecule has 4 rings (SSSR count). The van der Waals surface area contributed by atoms with Crippen LogP contribution in [0.2, 0.25) is 0 Å². The summed E-state index contributed by atoms with van der Waals surface area (Å²) in [5.74, 6) is -0.392. The third kappa shape index (κ3) is 4.41. The van der Waals surface area contributed by atoms with E-state index in [4.69, 9.17) is 18.9 Å². The number of carbonyl (C=O) groups excluding carboxylic acids is 1. The van der Waals surface area contributed by atoms with Gasteiger partial charge in [0, 0.05) is 18.5 Å². The monoisotopic (exact) mass is 476 g/mol. The maximum atomic E-state index is 13.2. The SMILES string of the molecule is COc1cc(C(=O)N2CC[C@]3(c4cccc(C#N)c4)OCOC3C2)ccc1OC(C)C(F)(F)F. The number of carbonyl (C=O) groups is 1. The highest BCUT2D eigenvalue weighted by atomic mass is 19.4. The minimum atomic E-state index is -4.53. The number of piperidine rings is 1. The summed E-state index contributed by atoms with van der Waals surface area (Å²) in [6.45, 7) is 1.58. The molecular weight excluding hydrogens is 453 g/mol. The zero-order valence-corrected chi connectivity index (χ0v) is 18.6. The Morgan fingerprint density at radius 2 is 2.06 bits per heavy atom. The number of nitrogens with zero attached hydrogens (tertiary/aromatic N) is 2. The molecule has 2 aromatic rings. The van der Waals surface area contributed by atoms with E-state index in [1.54, 1.807) is 23.1 Å². The van der Waals surface area contributed by atoms with E-state index in [9.17, 15) is 23.2 Å². The molecule has 3 atom stereocenters. The maximum Gasteiger partial charge on any atom is 0.425 e. The topological polar surface area (TPSA) is 81.0 Å². The number of alkyl halides is 3. The second-order valence-electron chi connectivity index (χ2n) is 8.17. The number of nitriles is 1. The van der Waals surface area contributed by atoms with E-state index in [0.717, 1.165) is 12.5 Å². The number of halogens is 3. The van der Waals surface area contributed by atoms with Gasteiger partial charge in [-0.2, -0.15) is 18.4 Å². The molecule has 2 saturated heterocycles. The van der Waals surface area contributed by atoms with Gasteiger partial charge in [0.15, 0.2) is 17.6 Å². The first kappa shape index (κ1) is 23.9. The number of rotatable bonds is 5. The predicted octanol–water partition coefficient (Wildman–Crippen LogP) is 4.01. The standard InChI is InChI=1S/C24H23F3N2O5/c1-15(24(25,26)27)34-19-7-6-17(11-20(19)31-2)22(30)29-9-8-23(21(13-29)32-14-33-23)18-5-3-4-16(10-18)12-28/h3-7,10-11,15,21H,8-9,13-14H2,1-2H3/t15?,21?,23-/m1/s1. The summed E-state index contributed by atoms with van der Waals surface area (Å²) in [5.41, 5.74) is 0.825. The van der Waals surface area contributed by atoms with Crippen molar-refractivity contribution in [3.05, 3.63) is 59.2 Å². The molecule has 0 aromatic heterocycles. The van der Waals surface area contributed by atoms with Crippen LogP contribution in [0.4, 0.5) is 13.2 Å². The van der Waals surface area contributed by atoms with Gasteiger partial charge in [-0.1, -0.05) is 12.1 Å². The van der Waals surface area contributed by atoms with Crippen LogP contribution < -0.4 is 9.47 Å². The minimum Gasteiger partial charge on any atom is -0.493 e. The van der Waals surface area contributed by atoms with Crippen LogP contribution in [-0.2, 0) is 15.1 Å². The van der Waals surface area contributed by atoms with Gasteiger partial charge in [0.05, 0.1) is 25.3 Å². The van der Waals surface area contributed by atoms with Crippen molar-refractivity contribution in [2.45, 2.75) is 37.3 Å². The first-order valence-corrected chi connectivity index (χ1v) is 10.6. The lowest BCUT2D eigenvalue weighted by Crippen LogP contribution is -2.53. The average Bonchev–Trinajstić information content (AvgIpc) is 3.27. The molecule has 34 heavy (non-hydrogen) atoms. The highest BCUT2D eigenvalue weighted by Gasteiger charge is 2.51. The quantitative estimate of drug-likeness (QED) is 0.649. The summed E-state index contributed by atoms with van der Waals surface area (Å²) >= 11 is 0. The first-order chi connectivity index (χ1) is 16.2. The molecule has 0 bridgehead atoms. The van der Waals surface area contributed by atoms with Crippen molar-refractivity contribution in [2.24, 2.45) is 0 Å². The van der Waals surface area contributed by atoms with Crippen LogP contribution in [0.25, 0.3) is 0 Å². The van der Waals surface area contributed by atoms with Crippen LogP contribution in [0.3, 0.4) is 0 Å². The van der Waals surface area contributed by atoms with Gasteiger partial charge in [0.2, 0.25) is 0 Å². The van der Waals surface area contributed by atoms with Gasteiger partial charge in [0.25, 0.3) is 5.91 Å². The summed E-state index contributed by atoms with van der Waals surface area (Å²) in [5, 5.41) is 9.24. The van der Waals surface area contributed by atoms with Crippen molar-refractivity contribution in [1.29, 1.82) is 5.26 Å². The lowest BCUT2D eigenvalue weighted by Gasteiger charge is -2.42. The lowest BCUT2D eigenvalue weighted by atomic mass is 9.81. The summed E-state index contributed by atoms with van der Waals surface area (Å²) < 4.78 is 60.5. The smallest absolute Gasteiger partial charge is 0.425 e. The van der Waals surface area contributed by atoms with Crippen molar-refractivity contribution >= 4 is 5.91 Å². The fraction of sp³-hybridized carbons (Fsp3) is 0.417. The van der Waals surface area contributed by atoms with Crippen LogP contribution >= 0.6 is 0 Å². The number of amides is 1. The van der Waals surface area contributed by atoms with Gasteiger partial charge in [-0.3, -0.25) is 4.79 Å². The highest BCUT2D eigenvalue weighted by Crippen LogP contribution is 2.43. The number of likely N-dealkylation sites (tertiary alicyclic amines) is 1. The summed E-state index contributed by atoms with van der Waals surface area (Å²) in [7, 11) is 1.29. The van der Waals surface area contributed by atoms with Crippen molar-refractivity contribution in [2.75, 3.05) is 27.0 Å². The van der Waals surface area contributed by atoms with Gasteiger partial charge in [-0.25, -0.2) is 0 Å². The second kappa shape index (κ2) is 9.16. The van der Waals surface area contributed by atoms with E-state index < -0.39 is 24.0 Å². The number of fused-ring (bicyclic) bond motifs is 1. The van der Waals surface area contributed by atoms with E-state index in [1.807, 2.05) is 6.07 Å². The van der Waals surface area contributed by atoms with Crippen LogP contribution in [-0.4, -0.2) is 56.2 Å². The Morgan fingerprint density at radius 3 is 2.76 bits per heavy atom. The molecule has 2 heterocycles. The van der Waals surface area contributed by atoms with Gasteiger partial charge >= 0.3 is 6.18 Å². The molecule has 2 aliphatic rings. The van der Waals surface area contributed by atoms with Crippen molar-refractivity contribution in [3.63, 3.8) is 0 Å². The van der Waals surface area contributed by atoms with Crippen molar-refractivity contribution in [1.82, 2.24) is 4.90 Å². The summed E-state index contributed by atoms with van der Waals surface area (Å²) in [6.07, 6.45) is -6.54. The molecule has 7 nitrogen and oxygen atoms in total. The number of methoxy groups -OCH3 is 1. The number of hydrogen-bond acceptors (Lipinski definition) is 6. The molecule has 2 fully saturated rings. The van der Waals surface area contributed by atoms with E-state index in [2.05, 4.69) is 6.07 Å². The molecular formula is C24H23F3N2O5. The Balaban J connectivity index is 1.52. The van der Waals surface area contributed by atoms with Crippen LogP contribution in [0.1, 0.15) is 34.8 Å². The molecule has 180 valence electrons. The second-order valence-corrected chi connectivity index (χ2v) is 8.17. The summed E-state index contributed by atoms with van der Waals surface area (Å²) in [4.78, 5) is 14.8. The molecule has 10 heteroatoms. The molecule has 0 N–H and O–H groups in total. The number of ether oxygens (including phenoxy) is 4. The van der Waals surface area contributed by atoms with Gasteiger partial charge in [0.1, 0.15) is 18.5 Å². The molecule has 0 radical (unpaired) electrons. The maximum absolute atomic E-state index is 13.2. The van der Waals surface area contributed by atoms with Gasteiger partial charge in [-0.15, -0.1) is 0 Å². The molecule has 1 amide bonds. The van der Waals surface area contributed by atoms with Crippen molar-refractivity contribution in [3.8, 4) is 17.6 Å². The average molecular weight is 476 g/mol. The normalized spacial score (nSPS) is 23.1. The van der Waals surface area contributed by atoms with Crippen LogP contribution in [0.5, 0.6) is 11.5 Å². The Kier molecular flexibility index (Phi) is 6.43. The molecule has 2 aromatic carbocycles. The van der Waals surface area contributed by atoms with E-state index >= 15 is 0 Å². The highest BCUT2D eigenvalue weighted by molar-refractivity contribution is 5.95.